The number of carbonyl (C=O) groups excluding carboxylic acids is 1. The third-order valence-electron chi connectivity index (χ3n) is 1.57. The molecule has 0 aliphatic rings. The Labute approximate surface area is 99.4 Å². The summed E-state index contributed by atoms with van der Waals surface area (Å²) in [7, 11) is 0. The van der Waals surface area contributed by atoms with Gasteiger partial charge in [0.2, 0.25) is 6.41 Å². The normalized spacial score (nSPS) is 11.5. The molecule has 0 saturated carbocycles. The molecule has 1 unspecified atom stereocenters. The number of hydrogen-bond donors (Lipinski definition) is 1. The molecular weight excluding hydrogens is 280 g/mol. The van der Waals surface area contributed by atoms with Crippen LogP contribution in [0.3, 0.4) is 0 Å². The molecule has 1 amide bonds. The second-order valence-electron chi connectivity index (χ2n) is 2.44. The summed E-state index contributed by atoms with van der Waals surface area (Å²) in [6.45, 7) is 0. The van der Waals surface area contributed by atoms with E-state index in [0.29, 0.717) is 21.7 Å². The lowest BCUT2D eigenvalue weighted by Crippen LogP contribution is -2.19. The van der Waals surface area contributed by atoms with Gasteiger partial charge in [-0.3, -0.25) is 4.79 Å². The summed E-state index contributed by atoms with van der Waals surface area (Å²) in [5, 5.41) is 11.8. The minimum Gasteiger partial charge on any atom is -0.338 e. The van der Waals surface area contributed by atoms with Crippen LogP contribution < -0.4 is 5.32 Å². The van der Waals surface area contributed by atoms with Crippen LogP contribution in [-0.4, -0.2) is 22.6 Å². The van der Waals surface area contributed by atoms with E-state index in [1.165, 1.54) is 11.8 Å². The smallest absolute Gasteiger partial charge is 0.208 e. The number of halogens is 1. The molecule has 1 aromatic heterocycles. The van der Waals surface area contributed by atoms with Gasteiger partial charge in [0.25, 0.3) is 0 Å². The maximum Gasteiger partial charge on any atom is 0.208 e. The van der Waals surface area contributed by atoms with Gasteiger partial charge in [0.1, 0.15) is 0 Å². The van der Waals surface area contributed by atoms with Crippen LogP contribution in [0.4, 0.5) is 0 Å². The number of hydrogen-bond acceptors (Lipinski definition) is 5. The maximum atomic E-state index is 10.3. The van der Waals surface area contributed by atoms with Gasteiger partial charge in [-0.25, -0.2) is 9.97 Å². The highest BCUT2D eigenvalue weighted by molar-refractivity contribution is 9.10. The highest BCUT2D eigenvalue weighted by atomic mass is 79.9. The van der Waals surface area contributed by atoms with Crippen molar-refractivity contribution in [1.82, 2.24) is 15.3 Å². The Morgan fingerprint density at radius 1 is 1.80 bits per heavy atom. The fraction of sp³-hybridized carbons (Fsp3) is 0.250. The van der Waals surface area contributed by atoms with Gasteiger partial charge in [0.15, 0.2) is 11.2 Å². The first-order chi connectivity index (χ1) is 7.22. The summed E-state index contributed by atoms with van der Waals surface area (Å²) in [5.41, 5.74) is 0.462. The summed E-state index contributed by atoms with van der Waals surface area (Å²) in [4.78, 5) is 18.4. The lowest BCUT2D eigenvalue weighted by molar-refractivity contribution is -0.109. The van der Waals surface area contributed by atoms with E-state index in [-0.39, 0.29) is 0 Å². The lowest BCUT2D eigenvalue weighted by atomic mass is 10.2. The van der Waals surface area contributed by atoms with Gasteiger partial charge in [-0.2, -0.15) is 5.26 Å². The average Bonchev–Trinajstić information content (AvgIpc) is 2.27. The van der Waals surface area contributed by atoms with E-state index in [9.17, 15) is 4.79 Å². The van der Waals surface area contributed by atoms with Crippen molar-refractivity contribution in [1.29, 1.82) is 5.26 Å². The molecule has 1 atom stereocenters. The van der Waals surface area contributed by atoms with Crippen molar-refractivity contribution in [3.05, 3.63) is 16.4 Å². The number of rotatable bonds is 4. The van der Waals surface area contributed by atoms with E-state index in [4.69, 9.17) is 5.26 Å². The van der Waals surface area contributed by atoms with Crippen LogP contribution in [0.25, 0.3) is 0 Å². The fourth-order valence-electron chi connectivity index (χ4n) is 0.910. The van der Waals surface area contributed by atoms with Gasteiger partial charge in [-0.1, -0.05) is 11.8 Å². The monoisotopic (exact) mass is 286 g/mol. The predicted molar refractivity (Wildman–Crippen MR) is 59.1 cm³/mol. The van der Waals surface area contributed by atoms with Gasteiger partial charge in [-0.15, -0.1) is 0 Å². The van der Waals surface area contributed by atoms with Crippen LogP contribution in [0.5, 0.6) is 0 Å². The standard InChI is InChI=1S/C8H7BrN4OS/c1-15-8-11-3-5(9)7(13-8)6(2-10)12-4-14/h3-4,6H,1H3,(H,12,14). The molecule has 0 saturated heterocycles. The van der Waals surface area contributed by atoms with Crippen LogP contribution in [0.15, 0.2) is 15.8 Å². The quantitative estimate of drug-likeness (QED) is 0.512. The van der Waals surface area contributed by atoms with Crippen LogP contribution in [0, 0.1) is 11.3 Å². The third kappa shape index (κ3) is 2.91. The molecular formula is C8H7BrN4OS. The van der Waals surface area contributed by atoms with Crippen LogP contribution in [0.2, 0.25) is 0 Å². The molecule has 0 aliphatic carbocycles. The molecule has 1 aromatic rings. The molecule has 0 aromatic carbocycles. The Kier molecular flexibility index (Phi) is 4.52. The minimum atomic E-state index is -0.759. The van der Waals surface area contributed by atoms with E-state index in [1.807, 2.05) is 12.3 Å². The Morgan fingerprint density at radius 3 is 3.07 bits per heavy atom. The van der Waals surface area contributed by atoms with E-state index >= 15 is 0 Å². The topological polar surface area (TPSA) is 78.7 Å². The van der Waals surface area contributed by atoms with Gasteiger partial charge in [-0.05, 0) is 22.2 Å². The number of thioether (sulfide) groups is 1. The van der Waals surface area contributed by atoms with Crippen molar-refractivity contribution in [2.75, 3.05) is 6.26 Å². The summed E-state index contributed by atoms with van der Waals surface area (Å²) >= 11 is 4.60. The van der Waals surface area contributed by atoms with Crippen LogP contribution in [0.1, 0.15) is 11.7 Å². The van der Waals surface area contributed by atoms with Crippen molar-refractivity contribution in [2.45, 2.75) is 11.2 Å². The SMILES string of the molecule is CSc1ncc(Br)c(C(C#N)NC=O)n1. The molecule has 0 radical (unpaired) electrons. The third-order valence-corrected chi connectivity index (χ3v) is 2.74. The summed E-state index contributed by atoms with van der Waals surface area (Å²) < 4.78 is 0.598. The molecule has 5 nitrogen and oxygen atoms in total. The second-order valence-corrected chi connectivity index (χ2v) is 4.06. The van der Waals surface area contributed by atoms with Gasteiger partial charge in [0, 0.05) is 6.20 Å². The van der Waals surface area contributed by atoms with Gasteiger partial charge in [0.05, 0.1) is 16.2 Å². The number of carbonyl (C=O) groups is 1. The highest BCUT2D eigenvalue weighted by Gasteiger charge is 2.15. The molecule has 1 heterocycles. The zero-order chi connectivity index (χ0) is 11.3. The summed E-state index contributed by atoms with van der Waals surface area (Å²) in [5.74, 6) is 0. The fourth-order valence-corrected chi connectivity index (χ4v) is 1.68. The van der Waals surface area contributed by atoms with Crippen LogP contribution in [-0.2, 0) is 4.79 Å². The Hall–Kier alpha value is -1.13. The van der Waals surface area contributed by atoms with Crippen molar-refractivity contribution in [3.63, 3.8) is 0 Å². The van der Waals surface area contributed by atoms with E-state index < -0.39 is 6.04 Å². The lowest BCUT2D eigenvalue weighted by Gasteiger charge is -2.09. The Balaban J connectivity index is 3.10. The molecule has 0 aliphatic heterocycles. The number of nitrogens with one attached hydrogen (secondary N) is 1. The maximum absolute atomic E-state index is 10.3. The largest absolute Gasteiger partial charge is 0.338 e. The Bertz CT molecular complexity index is 406. The van der Waals surface area contributed by atoms with E-state index in [0.717, 1.165) is 0 Å². The van der Waals surface area contributed by atoms with Crippen molar-refractivity contribution >= 4 is 34.1 Å². The van der Waals surface area contributed by atoms with Crippen LogP contribution >= 0.6 is 27.7 Å². The molecule has 0 spiro atoms. The number of aromatic nitrogens is 2. The van der Waals surface area contributed by atoms with Gasteiger partial charge < -0.3 is 5.32 Å². The first-order valence-electron chi connectivity index (χ1n) is 3.88. The van der Waals surface area contributed by atoms with Crippen molar-refractivity contribution < 1.29 is 4.79 Å². The van der Waals surface area contributed by atoms with Gasteiger partial charge >= 0.3 is 0 Å². The van der Waals surface area contributed by atoms with E-state index in [2.05, 4.69) is 31.2 Å². The summed E-state index contributed by atoms with van der Waals surface area (Å²) in [6, 6.07) is 1.18. The zero-order valence-corrected chi connectivity index (χ0v) is 10.2. The summed E-state index contributed by atoms with van der Waals surface area (Å²) in [6.07, 6.45) is 3.87. The first kappa shape index (κ1) is 11.9. The highest BCUT2D eigenvalue weighted by Crippen LogP contribution is 2.22. The molecule has 7 heteroatoms. The van der Waals surface area contributed by atoms with Crippen molar-refractivity contribution in [2.24, 2.45) is 0 Å². The molecule has 0 bridgehead atoms. The minimum absolute atomic E-state index is 0.462. The predicted octanol–water partition coefficient (Wildman–Crippen LogP) is 1.27. The molecule has 15 heavy (non-hydrogen) atoms. The van der Waals surface area contributed by atoms with Crippen molar-refractivity contribution in [3.8, 4) is 6.07 Å². The molecule has 1 rings (SSSR count). The second kappa shape index (κ2) is 5.68. The molecule has 0 fully saturated rings. The molecule has 1 N–H and O–H groups in total. The number of nitriles is 1. The number of amides is 1. The Morgan fingerprint density at radius 2 is 2.53 bits per heavy atom. The zero-order valence-electron chi connectivity index (χ0n) is 7.77. The van der Waals surface area contributed by atoms with E-state index in [1.54, 1.807) is 6.20 Å². The average molecular weight is 287 g/mol. The number of nitrogens with zero attached hydrogens (tertiary/aromatic N) is 3. The molecule has 78 valence electrons. The first-order valence-corrected chi connectivity index (χ1v) is 5.90.